The minimum Gasteiger partial charge on any atom is -0.444 e. The summed E-state index contributed by atoms with van der Waals surface area (Å²) in [4.78, 5) is 28.3. The van der Waals surface area contributed by atoms with Crippen LogP contribution in [0.1, 0.15) is 43.9 Å². The van der Waals surface area contributed by atoms with Crippen LogP contribution in [-0.4, -0.2) is 60.4 Å². The van der Waals surface area contributed by atoms with Crippen LogP contribution >= 0.6 is 0 Å². The average Bonchev–Trinajstić information content (AvgIpc) is 3.27. The number of ether oxygens (including phenoxy) is 4. The van der Waals surface area contributed by atoms with Crippen LogP contribution in [0.5, 0.6) is 0 Å². The van der Waals surface area contributed by atoms with E-state index in [0.717, 1.165) is 16.7 Å². The molecule has 3 aromatic carbocycles. The molecule has 224 valence electrons. The molecule has 1 saturated heterocycles. The summed E-state index contributed by atoms with van der Waals surface area (Å²) in [6.07, 6.45) is -1.73. The van der Waals surface area contributed by atoms with Crippen molar-refractivity contribution in [1.82, 2.24) is 10.2 Å². The van der Waals surface area contributed by atoms with Crippen LogP contribution in [0.15, 0.2) is 91.0 Å². The second-order valence-electron chi connectivity index (χ2n) is 11.4. The van der Waals surface area contributed by atoms with Gasteiger partial charge in [0.15, 0.2) is 0 Å². The molecule has 4 rings (SSSR count). The van der Waals surface area contributed by atoms with Crippen molar-refractivity contribution in [1.29, 1.82) is 0 Å². The highest BCUT2D eigenvalue weighted by atomic mass is 16.6. The van der Waals surface area contributed by atoms with E-state index in [-0.39, 0.29) is 18.9 Å². The van der Waals surface area contributed by atoms with E-state index in [1.807, 2.05) is 112 Å². The van der Waals surface area contributed by atoms with Gasteiger partial charge in [0.25, 0.3) is 0 Å². The molecule has 0 aliphatic carbocycles. The lowest BCUT2D eigenvalue weighted by Crippen LogP contribution is -2.49. The van der Waals surface area contributed by atoms with Crippen molar-refractivity contribution in [2.24, 2.45) is 0 Å². The molecule has 1 fully saturated rings. The molecule has 1 aliphatic heterocycles. The molecular weight excluding hydrogens is 532 g/mol. The zero-order valence-electron chi connectivity index (χ0n) is 24.9. The number of hydrogen-bond acceptors (Lipinski definition) is 6. The third-order valence-electron chi connectivity index (χ3n) is 7.05. The van der Waals surface area contributed by atoms with Gasteiger partial charge in [0, 0.05) is 13.5 Å². The molecule has 0 spiro atoms. The Hall–Kier alpha value is -3.72. The number of nitrogens with zero attached hydrogens (tertiary/aromatic N) is 1. The van der Waals surface area contributed by atoms with Gasteiger partial charge in [-0.3, -0.25) is 9.69 Å². The van der Waals surface area contributed by atoms with Gasteiger partial charge in [-0.25, -0.2) is 4.79 Å². The molecule has 0 bridgehead atoms. The SMILES string of the molecule is CNC(=O)CC1C(OCc2ccccc2)C(OCc2ccccc2)C(COCc2ccccc2)N1C(=O)OC(C)(C)C. The Morgan fingerprint density at radius 1 is 0.714 bits per heavy atom. The first-order chi connectivity index (χ1) is 20.2. The minimum atomic E-state index is -0.743. The third kappa shape index (κ3) is 8.89. The second kappa shape index (κ2) is 15.0. The van der Waals surface area contributed by atoms with E-state index in [4.69, 9.17) is 18.9 Å². The minimum absolute atomic E-state index is 0.0234. The summed E-state index contributed by atoms with van der Waals surface area (Å²) in [6, 6.07) is 28.3. The average molecular weight is 575 g/mol. The largest absolute Gasteiger partial charge is 0.444 e. The van der Waals surface area contributed by atoms with Gasteiger partial charge in [-0.1, -0.05) is 91.0 Å². The molecule has 1 aliphatic rings. The van der Waals surface area contributed by atoms with Crippen molar-refractivity contribution in [2.75, 3.05) is 13.7 Å². The number of benzene rings is 3. The smallest absolute Gasteiger partial charge is 0.411 e. The number of rotatable bonds is 12. The fraction of sp³-hybridized carbons (Fsp3) is 0.412. The van der Waals surface area contributed by atoms with E-state index in [2.05, 4.69) is 5.32 Å². The van der Waals surface area contributed by atoms with Crippen molar-refractivity contribution < 1.29 is 28.5 Å². The molecule has 1 N–H and O–H groups in total. The van der Waals surface area contributed by atoms with Crippen LogP contribution < -0.4 is 5.32 Å². The first-order valence-corrected chi connectivity index (χ1v) is 14.4. The normalized spacial score (nSPS) is 20.3. The van der Waals surface area contributed by atoms with Crippen LogP contribution in [0.25, 0.3) is 0 Å². The lowest BCUT2D eigenvalue weighted by molar-refractivity contribution is -0.123. The summed E-state index contributed by atoms with van der Waals surface area (Å²) in [7, 11) is 1.58. The van der Waals surface area contributed by atoms with E-state index in [1.54, 1.807) is 11.9 Å². The highest BCUT2D eigenvalue weighted by Gasteiger charge is 2.54. The summed E-state index contributed by atoms with van der Waals surface area (Å²) < 4.78 is 25.2. The molecule has 2 amide bonds. The van der Waals surface area contributed by atoms with Crippen LogP contribution in [-0.2, 0) is 43.6 Å². The predicted octanol–water partition coefficient (Wildman–Crippen LogP) is 5.50. The van der Waals surface area contributed by atoms with Gasteiger partial charge in [-0.15, -0.1) is 0 Å². The quantitative estimate of drug-likeness (QED) is 0.308. The van der Waals surface area contributed by atoms with Crippen LogP contribution in [0, 0.1) is 0 Å². The van der Waals surface area contributed by atoms with E-state index < -0.39 is 36.0 Å². The summed E-state index contributed by atoms with van der Waals surface area (Å²) >= 11 is 0. The van der Waals surface area contributed by atoms with E-state index in [1.165, 1.54) is 0 Å². The summed E-state index contributed by atoms with van der Waals surface area (Å²) in [5, 5.41) is 2.70. The zero-order valence-corrected chi connectivity index (χ0v) is 24.9. The second-order valence-corrected chi connectivity index (χ2v) is 11.4. The van der Waals surface area contributed by atoms with Gasteiger partial charge in [-0.05, 0) is 37.5 Å². The maximum atomic E-state index is 13.8. The van der Waals surface area contributed by atoms with Gasteiger partial charge >= 0.3 is 6.09 Å². The Labute approximate surface area is 248 Å². The molecule has 0 saturated carbocycles. The van der Waals surface area contributed by atoms with Gasteiger partial charge in [0.05, 0.1) is 38.5 Å². The van der Waals surface area contributed by atoms with Crippen molar-refractivity contribution in [3.8, 4) is 0 Å². The molecule has 4 atom stereocenters. The Bertz CT molecular complexity index is 1250. The van der Waals surface area contributed by atoms with Crippen molar-refractivity contribution in [2.45, 2.75) is 76.9 Å². The maximum absolute atomic E-state index is 13.8. The van der Waals surface area contributed by atoms with Crippen LogP contribution in [0.2, 0.25) is 0 Å². The molecule has 8 heteroatoms. The standard InChI is InChI=1S/C34H42N2O6/c1-34(2,3)42-33(38)36-28(20-30(37)35-4)31(40-22-26-16-10-6-11-17-26)32(41-23-27-18-12-7-13-19-27)29(36)24-39-21-25-14-8-5-9-15-25/h5-19,28-29,31-32H,20-24H2,1-4H3,(H,35,37). The predicted molar refractivity (Wildman–Crippen MR) is 160 cm³/mol. The highest BCUT2D eigenvalue weighted by molar-refractivity contribution is 5.78. The van der Waals surface area contributed by atoms with Gasteiger partial charge in [-0.2, -0.15) is 0 Å². The fourth-order valence-corrected chi connectivity index (χ4v) is 5.08. The lowest BCUT2D eigenvalue weighted by Gasteiger charge is -2.33. The van der Waals surface area contributed by atoms with Crippen molar-refractivity contribution in [3.63, 3.8) is 0 Å². The summed E-state index contributed by atoms with van der Waals surface area (Å²) in [6.45, 7) is 6.60. The Balaban J connectivity index is 1.68. The van der Waals surface area contributed by atoms with Crippen LogP contribution in [0.4, 0.5) is 4.79 Å². The first-order valence-electron chi connectivity index (χ1n) is 14.4. The van der Waals surface area contributed by atoms with E-state index in [0.29, 0.717) is 19.8 Å². The molecule has 4 unspecified atom stereocenters. The van der Waals surface area contributed by atoms with Gasteiger partial charge < -0.3 is 24.3 Å². The fourth-order valence-electron chi connectivity index (χ4n) is 5.08. The van der Waals surface area contributed by atoms with Crippen molar-refractivity contribution >= 4 is 12.0 Å². The molecule has 8 nitrogen and oxygen atoms in total. The zero-order chi connectivity index (χ0) is 30.0. The Kier molecular flexibility index (Phi) is 11.1. The molecule has 3 aromatic rings. The van der Waals surface area contributed by atoms with Gasteiger partial charge in [0.2, 0.25) is 5.91 Å². The molecular formula is C34H42N2O6. The Morgan fingerprint density at radius 2 is 1.17 bits per heavy atom. The summed E-state index contributed by atoms with van der Waals surface area (Å²) in [5.74, 6) is -0.213. The number of carbonyl (C=O) groups excluding carboxylic acids is 2. The molecule has 1 heterocycles. The molecule has 0 aromatic heterocycles. The number of carbonyl (C=O) groups is 2. The monoisotopic (exact) mass is 574 g/mol. The molecule has 0 radical (unpaired) electrons. The van der Waals surface area contributed by atoms with E-state index >= 15 is 0 Å². The van der Waals surface area contributed by atoms with Gasteiger partial charge in [0.1, 0.15) is 17.8 Å². The number of nitrogens with one attached hydrogen (secondary N) is 1. The number of hydrogen-bond donors (Lipinski definition) is 1. The van der Waals surface area contributed by atoms with E-state index in [9.17, 15) is 9.59 Å². The van der Waals surface area contributed by atoms with Crippen LogP contribution in [0.3, 0.4) is 0 Å². The van der Waals surface area contributed by atoms with Crippen molar-refractivity contribution in [3.05, 3.63) is 108 Å². The number of likely N-dealkylation sites (tertiary alicyclic amines) is 1. The number of amides is 2. The lowest BCUT2D eigenvalue weighted by atomic mass is 10.0. The first kappa shape index (κ1) is 31.2. The highest BCUT2D eigenvalue weighted by Crippen LogP contribution is 2.35. The summed E-state index contributed by atoms with van der Waals surface area (Å²) in [5.41, 5.74) is 2.24. The maximum Gasteiger partial charge on any atom is 0.411 e. The third-order valence-corrected chi connectivity index (χ3v) is 7.05. The topological polar surface area (TPSA) is 86.3 Å². The Morgan fingerprint density at radius 3 is 1.62 bits per heavy atom. The molecule has 42 heavy (non-hydrogen) atoms.